The fourth-order valence-electron chi connectivity index (χ4n) is 8.43. The maximum absolute atomic E-state index is 15.4. The molecule has 0 amide bonds. The van der Waals surface area contributed by atoms with Crippen molar-refractivity contribution in [2.75, 3.05) is 24.7 Å². The maximum atomic E-state index is 15.4. The van der Waals surface area contributed by atoms with E-state index < -0.39 is 56.3 Å². The highest BCUT2D eigenvalue weighted by Gasteiger charge is 2.58. The molecule has 11 heteroatoms. The van der Waals surface area contributed by atoms with Gasteiger partial charge in [0.2, 0.25) is 0 Å². The second-order valence-corrected chi connectivity index (χ2v) is 18.3. The Morgan fingerprint density at radius 2 is 1.59 bits per heavy atom. The maximum Gasteiger partial charge on any atom is 0.401 e. The molecule has 0 N–H and O–H groups in total. The topological polar surface area (TPSA) is 78.9 Å². The van der Waals surface area contributed by atoms with Gasteiger partial charge in [0, 0.05) is 28.2 Å². The van der Waals surface area contributed by atoms with E-state index >= 15 is 13.2 Å². The zero-order valence-electron chi connectivity index (χ0n) is 25.3. The van der Waals surface area contributed by atoms with Crippen LogP contribution in [0, 0.1) is 23.2 Å². The Labute approximate surface area is 260 Å². The zero-order valence-corrected chi connectivity index (χ0v) is 26.9. The number of rotatable bonds is 13. The molecule has 7 rings (SSSR count). The van der Waals surface area contributed by atoms with Crippen LogP contribution in [0.3, 0.4) is 0 Å². The molecule has 0 aromatic heterocycles. The van der Waals surface area contributed by atoms with E-state index in [2.05, 4.69) is 6.92 Å². The Morgan fingerprint density at radius 1 is 0.977 bits per heavy atom. The van der Waals surface area contributed by atoms with Crippen molar-refractivity contribution in [3.63, 3.8) is 0 Å². The summed E-state index contributed by atoms with van der Waals surface area (Å²) >= 11 is 0. The number of ether oxygens (including phenoxy) is 2. The van der Waals surface area contributed by atoms with Gasteiger partial charge in [-0.25, -0.2) is 8.02 Å². The summed E-state index contributed by atoms with van der Waals surface area (Å²) in [6.45, 7) is 1.98. The van der Waals surface area contributed by atoms with Crippen molar-refractivity contribution in [1.29, 1.82) is 0 Å². The average molecular weight is 657 g/mol. The lowest BCUT2D eigenvalue weighted by molar-refractivity contribution is -0.172. The van der Waals surface area contributed by atoms with E-state index in [0.29, 0.717) is 53.2 Å². The molecule has 4 bridgehead atoms. The van der Waals surface area contributed by atoms with Crippen molar-refractivity contribution in [2.24, 2.45) is 23.2 Å². The first-order chi connectivity index (χ1) is 21.0. The minimum absolute atomic E-state index is 0.280. The van der Waals surface area contributed by atoms with Crippen molar-refractivity contribution >= 4 is 37.2 Å². The van der Waals surface area contributed by atoms with Gasteiger partial charge < -0.3 is 9.47 Å². The minimum Gasteiger partial charge on any atom is -0.493 e. The van der Waals surface area contributed by atoms with Crippen LogP contribution in [-0.2, 0) is 23.3 Å². The van der Waals surface area contributed by atoms with Crippen LogP contribution in [-0.4, -0.2) is 50.5 Å². The molecule has 2 aromatic carbocycles. The predicted molar refractivity (Wildman–Crippen MR) is 165 cm³/mol. The van der Waals surface area contributed by atoms with E-state index in [4.69, 9.17) is 13.1 Å². The van der Waals surface area contributed by atoms with E-state index in [9.17, 15) is 13.2 Å². The van der Waals surface area contributed by atoms with Gasteiger partial charge in [-0.1, -0.05) is 47.9 Å². The van der Waals surface area contributed by atoms with Gasteiger partial charge in [-0.3, -0.25) is 4.79 Å². The summed E-state index contributed by atoms with van der Waals surface area (Å²) in [6.07, 6.45) is 4.62. The molecule has 0 radical (unpaired) electrons. The van der Waals surface area contributed by atoms with E-state index in [0.717, 1.165) is 56.8 Å². The first-order valence-corrected chi connectivity index (χ1v) is 19.4. The van der Waals surface area contributed by atoms with Crippen molar-refractivity contribution in [3.05, 3.63) is 36.4 Å². The Bertz CT molecular complexity index is 1440. The monoisotopic (exact) mass is 656 g/mol. The van der Waals surface area contributed by atoms with Crippen LogP contribution in [0.4, 0.5) is 13.2 Å². The van der Waals surface area contributed by atoms with E-state index in [1.54, 1.807) is 18.2 Å². The summed E-state index contributed by atoms with van der Waals surface area (Å²) in [4.78, 5) is 13.6. The quantitative estimate of drug-likeness (QED) is 0.159. The van der Waals surface area contributed by atoms with Crippen LogP contribution in [0.15, 0.2) is 41.3 Å². The second-order valence-electron chi connectivity index (χ2n) is 13.4. The average Bonchev–Trinajstić information content (AvgIpc) is 3.45. The van der Waals surface area contributed by atoms with Gasteiger partial charge in [0.25, 0.3) is 0 Å². The molecule has 244 valence electrons. The summed E-state index contributed by atoms with van der Waals surface area (Å²) in [5.41, 5.74) is -0.601. The molecule has 1 atom stereocenters. The summed E-state index contributed by atoms with van der Waals surface area (Å²) in [7, 11) is -8.39. The van der Waals surface area contributed by atoms with Crippen LogP contribution in [0.2, 0.25) is 0 Å². The molecular weight excluding hydrogens is 613 g/mol. The molecular formula is C33H43F3O6S2. The van der Waals surface area contributed by atoms with Gasteiger partial charge in [-0.05, 0) is 93.1 Å². The number of unbranched alkanes of at least 4 members (excludes halogenated alkanes) is 1. The van der Waals surface area contributed by atoms with E-state index in [-0.39, 0.29) is 11.5 Å². The largest absolute Gasteiger partial charge is 0.493 e. The number of benzene rings is 2. The number of carbonyl (C=O) groups excluding carboxylic acids is 1. The smallest absolute Gasteiger partial charge is 0.401 e. The number of halogens is 3. The Kier molecular flexibility index (Phi) is 8.96. The molecule has 0 spiro atoms. The minimum atomic E-state index is -5.68. The first-order valence-electron chi connectivity index (χ1n) is 16.1. The fraction of sp³-hybridized carbons (Fsp3) is 0.667. The van der Waals surface area contributed by atoms with Crippen molar-refractivity contribution in [1.82, 2.24) is 0 Å². The summed E-state index contributed by atoms with van der Waals surface area (Å²) in [6, 6.07) is 10.8. The van der Waals surface area contributed by atoms with Crippen LogP contribution in [0.5, 0.6) is 5.75 Å². The number of esters is 1. The molecule has 5 fully saturated rings. The van der Waals surface area contributed by atoms with E-state index in [1.165, 1.54) is 0 Å². The number of carbonyl (C=O) groups is 1. The van der Waals surface area contributed by atoms with Gasteiger partial charge in [-0.2, -0.15) is 17.2 Å². The normalized spacial score (nSPS) is 29.0. The molecule has 1 heterocycles. The zero-order chi connectivity index (χ0) is 31.2. The molecule has 2 aromatic rings. The fourth-order valence-corrected chi connectivity index (χ4v) is 14.3. The number of fused-ring (bicyclic) bond motifs is 1. The SMILES string of the molecule is CCCCOc1ccc(S2(OS(=O)(=O)C(F)(F)C(F)CCOC(=O)C34CC5CC(CC(C5)C3)C4)CCCC2)c2ccccc12. The number of alkyl halides is 3. The Morgan fingerprint density at radius 3 is 2.20 bits per heavy atom. The van der Waals surface area contributed by atoms with Crippen molar-refractivity contribution in [3.8, 4) is 5.75 Å². The third-order valence-corrected chi connectivity index (χ3v) is 15.9. The van der Waals surface area contributed by atoms with E-state index in [1.807, 2.05) is 18.2 Å². The Balaban J connectivity index is 1.16. The third-order valence-electron chi connectivity index (χ3n) is 10.2. The molecule has 4 aliphatic carbocycles. The molecule has 1 saturated heterocycles. The molecule has 44 heavy (non-hydrogen) atoms. The van der Waals surface area contributed by atoms with Crippen LogP contribution in [0.1, 0.15) is 77.6 Å². The second kappa shape index (κ2) is 12.3. The molecule has 5 aliphatic rings. The highest BCUT2D eigenvalue weighted by Crippen LogP contribution is 2.65. The lowest BCUT2D eigenvalue weighted by Gasteiger charge is -2.55. The highest BCUT2D eigenvalue weighted by molar-refractivity contribution is 8.33. The lowest BCUT2D eigenvalue weighted by Crippen LogP contribution is -2.50. The van der Waals surface area contributed by atoms with Gasteiger partial charge in [0.05, 0.1) is 18.6 Å². The third kappa shape index (κ3) is 5.85. The molecule has 4 saturated carbocycles. The summed E-state index contributed by atoms with van der Waals surface area (Å²) in [5, 5.41) is -3.37. The summed E-state index contributed by atoms with van der Waals surface area (Å²) in [5.74, 6) is 2.20. The number of hydrogen-bond acceptors (Lipinski definition) is 6. The highest BCUT2D eigenvalue weighted by atomic mass is 32.3. The first kappa shape index (κ1) is 32.0. The van der Waals surface area contributed by atoms with Crippen molar-refractivity contribution < 1.29 is 39.5 Å². The molecule has 6 nitrogen and oxygen atoms in total. The van der Waals surface area contributed by atoms with Crippen LogP contribution >= 0.6 is 10.3 Å². The van der Waals surface area contributed by atoms with Crippen LogP contribution < -0.4 is 4.74 Å². The molecule has 1 aliphatic heterocycles. The van der Waals surface area contributed by atoms with Gasteiger partial charge in [0.15, 0.2) is 6.17 Å². The lowest BCUT2D eigenvalue weighted by atomic mass is 9.49. The molecule has 1 unspecified atom stereocenters. The van der Waals surface area contributed by atoms with Crippen molar-refractivity contribution in [2.45, 2.75) is 93.9 Å². The van der Waals surface area contributed by atoms with Gasteiger partial charge in [0.1, 0.15) is 5.75 Å². The van der Waals surface area contributed by atoms with Gasteiger partial charge in [-0.15, -0.1) is 0 Å². The predicted octanol–water partition coefficient (Wildman–Crippen LogP) is 8.32. The number of hydrogen-bond donors (Lipinski definition) is 0. The summed E-state index contributed by atoms with van der Waals surface area (Å²) < 4.78 is 89.2. The Hall–Kier alpha value is -1.98. The van der Waals surface area contributed by atoms with Crippen LogP contribution in [0.25, 0.3) is 10.8 Å². The standard InChI is InChI=1S/C33H43F3O6S2/c1-2-3-13-40-28-10-11-29(27-9-5-4-8-26(27)28)43(15-6-7-16-43)42-44(38,39)33(35,36)30(34)12-14-41-31(37)32-20-23-17-24(21-32)19-25(18-23)22-32/h4-5,8-11,23-25,30H,2-3,6-7,12-22H2,1H3. The van der Waals surface area contributed by atoms with Gasteiger partial charge >= 0.3 is 21.3 Å².